The minimum absolute atomic E-state index is 0.135. The van der Waals surface area contributed by atoms with Gasteiger partial charge in [-0.3, -0.25) is 0 Å². The first-order valence-electron chi connectivity index (χ1n) is 5.21. The highest BCUT2D eigenvalue weighted by atomic mass is 16.3. The third-order valence-corrected chi connectivity index (χ3v) is 2.49. The van der Waals surface area contributed by atoms with Gasteiger partial charge in [0.25, 0.3) is 0 Å². The summed E-state index contributed by atoms with van der Waals surface area (Å²) in [5, 5.41) is 9.12. The first kappa shape index (κ1) is 11.7. The molecule has 0 aliphatic carbocycles. The highest BCUT2D eigenvalue weighted by molar-refractivity contribution is 5.26. The fourth-order valence-electron chi connectivity index (χ4n) is 1.53. The monoisotopic (exact) mass is 202 g/mol. The number of allylic oxidation sites excluding steroid dienone is 2. The molecular formula is C14H18O. The van der Waals surface area contributed by atoms with Crippen LogP contribution in [0.15, 0.2) is 54.1 Å². The maximum atomic E-state index is 9.12. The fraction of sp³-hybridized carbons (Fsp3) is 0.286. The molecule has 1 aromatic rings. The lowest BCUT2D eigenvalue weighted by molar-refractivity contribution is 0.329. The second-order valence-corrected chi connectivity index (χ2v) is 3.70. The van der Waals surface area contributed by atoms with E-state index in [1.807, 2.05) is 31.2 Å². The second kappa shape index (κ2) is 6.20. The van der Waals surface area contributed by atoms with Crippen molar-refractivity contribution >= 4 is 0 Å². The molecule has 0 aromatic heterocycles. The van der Waals surface area contributed by atoms with Crippen LogP contribution in [0.1, 0.15) is 18.9 Å². The van der Waals surface area contributed by atoms with Crippen LogP contribution in [0.2, 0.25) is 0 Å². The summed E-state index contributed by atoms with van der Waals surface area (Å²) in [4.78, 5) is 0. The summed E-state index contributed by atoms with van der Waals surface area (Å²) in [6.45, 7) is 5.85. The van der Waals surface area contributed by atoms with Crippen LogP contribution in [0.3, 0.4) is 0 Å². The summed E-state index contributed by atoms with van der Waals surface area (Å²) in [6.07, 6.45) is 3.64. The van der Waals surface area contributed by atoms with Gasteiger partial charge >= 0.3 is 0 Å². The molecule has 1 heteroatoms. The van der Waals surface area contributed by atoms with E-state index in [-0.39, 0.29) is 6.61 Å². The zero-order valence-corrected chi connectivity index (χ0v) is 9.24. The molecule has 0 aliphatic heterocycles. The van der Waals surface area contributed by atoms with Crippen molar-refractivity contribution in [3.63, 3.8) is 0 Å². The maximum Gasteiger partial charge on any atom is 0.0641 e. The van der Waals surface area contributed by atoms with Crippen LogP contribution >= 0.6 is 0 Å². The van der Waals surface area contributed by atoms with Crippen LogP contribution in [0.25, 0.3) is 0 Å². The van der Waals surface area contributed by atoms with Gasteiger partial charge in [-0.25, -0.2) is 0 Å². The van der Waals surface area contributed by atoms with Gasteiger partial charge in [0.05, 0.1) is 6.61 Å². The fourth-order valence-corrected chi connectivity index (χ4v) is 1.53. The van der Waals surface area contributed by atoms with Crippen molar-refractivity contribution < 1.29 is 5.11 Å². The summed E-state index contributed by atoms with van der Waals surface area (Å²) in [5.41, 5.74) is 3.60. The zero-order valence-electron chi connectivity index (χ0n) is 9.24. The summed E-state index contributed by atoms with van der Waals surface area (Å²) in [7, 11) is 0. The van der Waals surface area contributed by atoms with Crippen molar-refractivity contribution in [1.29, 1.82) is 0 Å². The number of rotatable bonds is 5. The molecule has 1 aromatic carbocycles. The Hall–Kier alpha value is -1.34. The Kier molecular flexibility index (Phi) is 4.85. The number of aliphatic hydroxyl groups excluding tert-OH is 1. The van der Waals surface area contributed by atoms with Gasteiger partial charge in [0.15, 0.2) is 0 Å². The lowest BCUT2D eigenvalue weighted by atomic mass is 9.98. The molecule has 0 saturated carbocycles. The molecule has 15 heavy (non-hydrogen) atoms. The summed E-state index contributed by atoms with van der Waals surface area (Å²) < 4.78 is 0. The van der Waals surface area contributed by atoms with Crippen LogP contribution in [-0.4, -0.2) is 11.7 Å². The predicted octanol–water partition coefficient (Wildman–Crippen LogP) is 3.11. The van der Waals surface area contributed by atoms with Crippen LogP contribution < -0.4 is 0 Å². The van der Waals surface area contributed by atoms with Crippen molar-refractivity contribution in [2.24, 2.45) is 0 Å². The SMILES string of the molecule is C=CC/C(Cc1ccccc1)=C(/C)CO. The van der Waals surface area contributed by atoms with Gasteiger partial charge in [-0.05, 0) is 30.9 Å². The highest BCUT2D eigenvalue weighted by Gasteiger charge is 2.01. The average Bonchev–Trinajstić information content (AvgIpc) is 2.29. The van der Waals surface area contributed by atoms with Crippen LogP contribution in [-0.2, 0) is 6.42 Å². The molecule has 0 heterocycles. The van der Waals surface area contributed by atoms with Gasteiger partial charge in [-0.1, -0.05) is 42.0 Å². The van der Waals surface area contributed by atoms with E-state index in [1.54, 1.807) is 0 Å². The summed E-state index contributed by atoms with van der Waals surface area (Å²) >= 11 is 0. The normalized spacial score (nSPS) is 12.1. The number of aliphatic hydroxyl groups is 1. The third kappa shape index (κ3) is 3.72. The number of benzene rings is 1. The largest absolute Gasteiger partial charge is 0.392 e. The molecule has 0 atom stereocenters. The van der Waals surface area contributed by atoms with Crippen molar-refractivity contribution in [2.75, 3.05) is 6.61 Å². The highest BCUT2D eigenvalue weighted by Crippen LogP contribution is 2.15. The van der Waals surface area contributed by atoms with E-state index in [1.165, 1.54) is 11.1 Å². The molecule has 0 radical (unpaired) electrons. The first-order valence-corrected chi connectivity index (χ1v) is 5.21. The van der Waals surface area contributed by atoms with Gasteiger partial charge in [0, 0.05) is 0 Å². The van der Waals surface area contributed by atoms with E-state index in [4.69, 9.17) is 5.11 Å². The molecule has 0 fully saturated rings. The molecule has 1 rings (SSSR count). The quantitative estimate of drug-likeness (QED) is 0.727. The van der Waals surface area contributed by atoms with Gasteiger partial charge in [0.1, 0.15) is 0 Å². The van der Waals surface area contributed by atoms with Gasteiger partial charge < -0.3 is 5.11 Å². The lowest BCUT2D eigenvalue weighted by Crippen LogP contribution is -1.97. The van der Waals surface area contributed by atoms with E-state index in [9.17, 15) is 0 Å². The molecule has 0 spiro atoms. The number of hydrogen-bond acceptors (Lipinski definition) is 1. The van der Waals surface area contributed by atoms with Crippen molar-refractivity contribution in [3.8, 4) is 0 Å². The van der Waals surface area contributed by atoms with E-state index >= 15 is 0 Å². The molecule has 1 N–H and O–H groups in total. The van der Waals surface area contributed by atoms with Gasteiger partial charge in [0.2, 0.25) is 0 Å². The Bertz CT molecular complexity index is 336. The minimum Gasteiger partial charge on any atom is -0.392 e. The predicted molar refractivity (Wildman–Crippen MR) is 64.7 cm³/mol. The molecule has 80 valence electrons. The number of hydrogen-bond donors (Lipinski definition) is 1. The van der Waals surface area contributed by atoms with Gasteiger partial charge in [-0.15, -0.1) is 6.58 Å². The molecule has 0 aliphatic rings. The van der Waals surface area contributed by atoms with E-state index in [2.05, 4.69) is 18.7 Å². The van der Waals surface area contributed by atoms with Crippen LogP contribution in [0.4, 0.5) is 0 Å². The lowest BCUT2D eigenvalue weighted by Gasteiger charge is -2.09. The standard InChI is InChI=1S/C14H18O/c1-3-7-14(12(2)11-15)10-13-8-5-4-6-9-13/h3-6,8-9,15H,1,7,10-11H2,2H3/b14-12+. The minimum atomic E-state index is 0.135. The molecule has 0 saturated heterocycles. The molecule has 0 unspecified atom stereocenters. The Morgan fingerprint density at radius 3 is 2.53 bits per heavy atom. The van der Waals surface area contributed by atoms with E-state index < -0.39 is 0 Å². The van der Waals surface area contributed by atoms with Gasteiger partial charge in [-0.2, -0.15) is 0 Å². The Balaban J connectivity index is 2.80. The van der Waals surface area contributed by atoms with Crippen molar-refractivity contribution in [1.82, 2.24) is 0 Å². The molecular weight excluding hydrogens is 184 g/mol. The molecule has 1 nitrogen and oxygen atoms in total. The van der Waals surface area contributed by atoms with Crippen molar-refractivity contribution in [3.05, 3.63) is 59.7 Å². The topological polar surface area (TPSA) is 20.2 Å². The first-order chi connectivity index (χ1) is 7.27. The Morgan fingerprint density at radius 1 is 1.33 bits per heavy atom. The van der Waals surface area contributed by atoms with Crippen molar-refractivity contribution in [2.45, 2.75) is 19.8 Å². The average molecular weight is 202 g/mol. The van der Waals surface area contributed by atoms with Crippen LogP contribution in [0, 0.1) is 0 Å². The smallest absolute Gasteiger partial charge is 0.0641 e. The Labute approximate surface area is 91.8 Å². The zero-order chi connectivity index (χ0) is 11.1. The van der Waals surface area contributed by atoms with E-state index in [0.717, 1.165) is 18.4 Å². The van der Waals surface area contributed by atoms with E-state index in [0.29, 0.717) is 0 Å². The Morgan fingerprint density at radius 2 is 2.00 bits per heavy atom. The summed E-state index contributed by atoms with van der Waals surface area (Å²) in [5.74, 6) is 0. The van der Waals surface area contributed by atoms with Crippen LogP contribution in [0.5, 0.6) is 0 Å². The third-order valence-electron chi connectivity index (χ3n) is 2.49. The maximum absolute atomic E-state index is 9.12. The molecule has 0 bridgehead atoms. The second-order valence-electron chi connectivity index (χ2n) is 3.70. The summed E-state index contributed by atoms with van der Waals surface area (Å²) in [6, 6.07) is 10.3. The molecule has 0 amide bonds.